The van der Waals surface area contributed by atoms with Crippen molar-refractivity contribution in [3.05, 3.63) is 213 Å². The lowest BCUT2D eigenvalue weighted by Crippen LogP contribution is -2.33. The normalized spacial score (nSPS) is 13.3. The lowest BCUT2D eigenvalue weighted by atomic mass is 9.88. The third-order valence-electron chi connectivity index (χ3n) is 18.2. The van der Waals surface area contributed by atoms with Crippen molar-refractivity contribution >= 4 is 23.6 Å². The quantitative estimate of drug-likeness (QED) is 0.0101. The smallest absolute Gasteiger partial charge is 0.245 e. The first-order valence-electron chi connectivity index (χ1n) is 37.2. The summed E-state index contributed by atoms with van der Waals surface area (Å²) in [7, 11) is 0. The SMILES string of the molecule is CCCO[C@H](CC(=O)NO)[C@H](Cc1ccc(C)cc1)c1ccnn1C(C)C.Cc1ccc(C[C@@H](CCC(=O)NO)c2ccnn2C(C)C)cc1.Cc1ccc(C[C@H](c2ccnn2C(C)C)[C@@H](CC(=O)NO)OCC(C)C)cc1.Cc1ccc(C[C@H](c2ccnn2C(C)C)[C@@H](CC(=O)NO)OCCCF)cc1. The fourth-order valence-corrected chi connectivity index (χ4v) is 12.7. The van der Waals surface area contributed by atoms with Gasteiger partial charge in [0, 0.05) is 122 Å². The van der Waals surface area contributed by atoms with E-state index in [-0.39, 0.29) is 105 Å². The Morgan fingerprint density at radius 1 is 0.406 bits per heavy atom. The molecule has 0 saturated carbocycles. The Labute approximate surface area is 626 Å². The number of nitrogens with zero attached hydrogens (tertiary/aromatic N) is 8. The van der Waals surface area contributed by atoms with Crippen molar-refractivity contribution in [1.82, 2.24) is 61.0 Å². The van der Waals surface area contributed by atoms with Crippen LogP contribution < -0.4 is 21.9 Å². The van der Waals surface area contributed by atoms with Gasteiger partial charge in [0.2, 0.25) is 23.6 Å². The van der Waals surface area contributed by atoms with Crippen LogP contribution in [0.5, 0.6) is 0 Å². The minimum Gasteiger partial charge on any atom is -0.377 e. The number of benzene rings is 4. The molecule has 7 atom stereocenters. The van der Waals surface area contributed by atoms with Crippen molar-refractivity contribution in [2.75, 3.05) is 26.5 Å². The van der Waals surface area contributed by atoms with Gasteiger partial charge in [-0.15, -0.1) is 0 Å². The van der Waals surface area contributed by atoms with Crippen LogP contribution in [-0.4, -0.2) is 128 Å². The third-order valence-corrected chi connectivity index (χ3v) is 18.2. The Hall–Kier alpha value is -8.75. The van der Waals surface area contributed by atoms with Crippen molar-refractivity contribution in [2.45, 2.75) is 241 Å². The fourth-order valence-electron chi connectivity index (χ4n) is 12.7. The van der Waals surface area contributed by atoms with E-state index in [0.29, 0.717) is 32.0 Å². The van der Waals surface area contributed by atoms with E-state index in [1.807, 2.05) is 89.0 Å². The number of carbonyl (C=O) groups excluding carboxylic acids is 4. The average Bonchev–Trinajstić information content (AvgIpc) is 1.18. The van der Waals surface area contributed by atoms with Crippen molar-refractivity contribution in [3.63, 3.8) is 0 Å². The molecule has 4 amide bonds. The molecule has 0 spiro atoms. The second kappa shape index (κ2) is 46.4. The van der Waals surface area contributed by atoms with Crippen molar-refractivity contribution in [3.8, 4) is 0 Å². The van der Waals surface area contributed by atoms with Gasteiger partial charge in [0.1, 0.15) is 0 Å². The lowest BCUT2D eigenvalue weighted by Gasteiger charge is -2.29. The first kappa shape index (κ1) is 87.9. The zero-order valence-corrected chi connectivity index (χ0v) is 65.0. The maximum Gasteiger partial charge on any atom is 0.245 e. The molecule has 0 aliphatic heterocycles. The van der Waals surface area contributed by atoms with Crippen LogP contribution in [0.2, 0.25) is 0 Å². The molecule has 24 heteroatoms. The number of rotatable bonds is 38. The van der Waals surface area contributed by atoms with Crippen molar-refractivity contribution in [1.29, 1.82) is 0 Å². The Balaban J connectivity index is 0.000000254. The van der Waals surface area contributed by atoms with E-state index in [2.05, 4.69) is 181 Å². The highest BCUT2D eigenvalue weighted by atomic mass is 19.1. The topological polar surface area (TPSA) is 296 Å². The minimum atomic E-state index is -0.533. The van der Waals surface area contributed by atoms with Gasteiger partial charge in [-0.05, 0) is 180 Å². The Morgan fingerprint density at radius 2 is 0.698 bits per heavy atom. The maximum atomic E-state index is 12.6. The van der Waals surface area contributed by atoms with E-state index < -0.39 is 30.5 Å². The molecule has 4 aromatic carbocycles. The number of ether oxygens (including phenoxy) is 3. The molecule has 0 saturated heterocycles. The predicted octanol–water partition coefficient (Wildman–Crippen LogP) is 14.9. The number of aromatic nitrogens is 8. The summed E-state index contributed by atoms with van der Waals surface area (Å²) in [4.78, 5) is 47.2. The number of hydrogen-bond donors (Lipinski definition) is 8. The van der Waals surface area contributed by atoms with Gasteiger partial charge in [0.25, 0.3) is 0 Å². The first-order chi connectivity index (χ1) is 50.7. The molecule has 4 heterocycles. The van der Waals surface area contributed by atoms with E-state index >= 15 is 0 Å². The number of nitrogens with one attached hydrogen (secondary N) is 4. The number of hydrogen-bond acceptors (Lipinski definition) is 15. The molecule has 0 fully saturated rings. The van der Waals surface area contributed by atoms with Crippen LogP contribution in [0.1, 0.15) is 236 Å². The first-order valence-corrected chi connectivity index (χ1v) is 37.2. The molecule has 580 valence electrons. The van der Waals surface area contributed by atoms with Gasteiger partial charge in [0.15, 0.2) is 0 Å². The zero-order valence-electron chi connectivity index (χ0n) is 65.0. The van der Waals surface area contributed by atoms with Crippen LogP contribution >= 0.6 is 0 Å². The van der Waals surface area contributed by atoms with E-state index in [4.69, 9.17) is 35.0 Å². The lowest BCUT2D eigenvalue weighted by molar-refractivity contribution is -0.133. The number of halogens is 1. The van der Waals surface area contributed by atoms with Gasteiger partial charge in [-0.1, -0.05) is 140 Å². The van der Waals surface area contributed by atoms with Crippen LogP contribution in [0.25, 0.3) is 0 Å². The number of amides is 4. The van der Waals surface area contributed by atoms with Gasteiger partial charge >= 0.3 is 0 Å². The van der Waals surface area contributed by atoms with Crippen LogP contribution in [0, 0.1) is 33.6 Å². The fraction of sp³-hybridized carbons (Fsp3) is 0.512. The minimum absolute atomic E-state index is 0.0252. The zero-order chi connectivity index (χ0) is 77.8. The molecule has 8 rings (SSSR count). The third kappa shape index (κ3) is 29.2. The Kier molecular flexibility index (Phi) is 38.4. The molecule has 4 aromatic heterocycles. The molecule has 0 unspecified atom stereocenters. The molecule has 8 N–H and O–H groups in total. The van der Waals surface area contributed by atoms with Crippen LogP contribution in [-0.2, 0) is 59.1 Å². The van der Waals surface area contributed by atoms with E-state index in [9.17, 15) is 23.6 Å². The highest BCUT2D eigenvalue weighted by Gasteiger charge is 2.34. The molecule has 106 heavy (non-hydrogen) atoms. The second-order valence-electron chi connectivity index (χ2n) is 28.9. The second-order valence-corrected chi connectivity index (χ2v) is 28.9. The van der Waals surface area contributed by atoms with Crippen LogP contribution in [0.4, 0.5) is 4.39 Å². The number of alkyl halides is 1. The summed E-state index contributed by atoms with van der Waals surface area (Å²) in [6.07, 6.45) is 11.1. The summed E-state index contributed by atoms with van der Waals surface area (Å²) in [5, 5.41) is 53.6. The summed E-state index contributed by atoms with van der Waals surface area (Å²) in [5.74, 6) is -1.55. The summed E-state index contributed by atoms with van der Waals surface area (Å²) < 4.78 is 38.7. The number of hydroxylamine groups is 4. The Bertz CT molecular complexity index is 3790. The monoisotopic (exact) mass is 1470 g/mol. The van der Waals surface area contributed by atoms with E-state index in [1.165, 1.54) is 38.9 Å². The van der Waals surface area contributed by atoms with Gasteiger partial charge in [-0.2, -0.15) is 20.4 Å². The molecule has 23 nitrogen and oxygen atoms in total. The molecular formula is C82H119FN12O11. The summed E-state index contributed by atoms with van der Waals surface area (Å²) in [5.41, 5.74) is 20.6. The van der Waals surface area contributed by atoms with E-state index in [0.717, 1.165) is 54.0 Å². The highest BCUT2D eigenvalue weighted by molar-refractivity contribution is 5.76. The van der Waals surface area contributed by atoms with Gasteiger partial charge in [0.05, 0.1) is 44.2 Å². The average molecular weight is 1470 g/mol. The number of aryl methyl sites for hydroxylation is 4. The summed E-state index contributed by atoms with van der Waals surface area (Å²) >= 11 is 0. The molecule has 8 aromatic rings. The summed E-state index contributed by atoms with van der Waals surface area (Å²) in [6.45, 7) is 31.9. The standard InChI is InChI=1S/C22H33N3O3.C21H30FN3O3.C21H31N3O3.C18H25N3O2/c1-15(2)14-28-21(13-22(26)24-27)19(12-18-8-6-17(5)7-9-18)20-10-11-23-25(20)16(3)4;1-15(2)25-19(9-11-23-25)18(13-17-7-5-16(3)6-8-17)20(14-21(26)24-27)28-12-4-10-22;1-5-12-27-20(14-21(25)23-26)18(13-17-8-6-16(4)7-9-17)19-10-11-22-24(19)15(2)3;1-13(2)21-17(10-11-19-21)16(8-9-18(22)20-23)12-15-6-4-14(3)5-7-15/h6-11,15-16,19,21,27H,12-14H2,1-5H3,(H,24,26);5-9,11,15,18,20,27H,4,10,12-14H2,1-3H3,(H,24,26);6-11,15,18,20,26H,5,12-14H2,1-4H3,(H,23,25);4-7,10-11,13,16,23H,8-9,12H2,1-3H3,(H,20,22)/t19-,21-;2*18-,20-;16-/m1111/s1. The van der Waals surface area contributed by atoms with E-state index in [1.54, 1.807) is 40.5 Å². The molecular weight excluding hydrogens is 1350 g/mol. The Morgan fingerprint density at radius 3 is 0.991 bits per heavy atom. The molecule has 0 aliphatic rings. The van der Waals surface area contributed by atoms with Gasteiger partial charge in [-0.3, -0.25) is 63.1 Å². The van der Waals surface area contributed by atoms with Crippen LogP contribution in [0.15, 0.2) is 146 Å². The predicted molar refractivity (Wildman–Crippen MR) is 409 cm³/mol. The van der Waals surface area contributed by atoms with Crippen molar-refractivity contribution in [2.24, 2.45) is 5.92 Å². The van der Waals surface area contributed by atoms with Gasteiger partial charge < -0.3 is 14.2 Å². The largest absolute Gasteiger partial charge is 0.377 e. The molecule has 0 aliphatic carbocycles. The van der Waals surface area contributed by atoms with Gasteiger partial charge in [-0.25, -0.2) is 21.9 Å². The van der Waals surface area contributed by atoms with Crippen LogP contribution in [0.3, 0.4) is 0 Å². The molecule has 0 bridgehead atoms. The number of carbonyl (C=O) groups is 4. The summed E-state index contributed by atoms with van der Waals surface area (Å²) in [6, 6.07) is 42.3. The highest BCUT2D eigenvalue weighted by Crippen LogP contribution is 2.35. The molecule has 0 radical (unpaired) electrons. The van der Waals surface area contributed by atoms with Crippen molar-refractivity contribution < 1.29 is 58.6 Å². The maximum absolute atomic E-state index is 12.6.